The molecule has 3 rings (SSSR count). The smallest absolute Gasteiger partial charge is 0.306 e. The number of nitrogens with one attached hydrogen (secondary N) is 1. The number of hydrogen-bond donors (Lipinski definition) is 2. The van der Waals surface area contributed by atoms with Crippen LogP contribution in [0.2, 0.25) is 0 Å². The largest absolute Gasteiger partial charge is 0.481 e. The van der Waals surface area contributed by atoms with Crippen LogP contribution in [0.15, 0.2) is 12.1 Å². The molecule has 0 amide bonds. The number of nitrogens with zero attached hydrogens (tertiary/aromatic N) is 2. The molecule has 1 aliphatic rings. The molecular weight excluding hydrogens is 258 g/mol. The van der Waals surface area contributed by atoms with Gasteiger partial charge in [0.1, 0.15) is 5.82 Å². The molecule has 106 valence electrons. The zero-order chi connectivity index (χ0) is 14.1. The number of rotatable bonds is 4. The second-order valence-electron chi connectivity index (χ2n) is 5.12. The van der Waals surface area contributed by atoms with E-state index in [9.17, 15) is 4.79 Å². The van der Waals surface area contributed by atoms with Crippen LogP contribution in [0.4, 0.5) is 0 Å². The maximum Gasteiger partial charge on any atom is 0.306 e. The summed E-state index contributed by atoms with van der Waals surface area (Å²) in [6.45, 7) is 2.48. The molecule has 1 aliphatic carbocycles. The van der Waals surface area contributed by atoms with E-state index in [1.165, 1.54) is 0 Å². The Bertz CT molecular complexity index is 638. The van der Waals surface area contributed by atoms with Crippen molar-refractivity contribution < 1.29 is 14.6 Å². The number of imidazole rings is 1. The first-order valence-electron chi connectivity index (χ1n) is 6.89. The van der Waals surface area contributed by atoms with Crippen molar-refractivity contribution in [2.24, 2.45) is 5.92 Å². The van der Waals surface area contributed by atoms with Gasteiger partial charge in [-0.05, 0) is 32.3 Å². The number of aromatic amines is 1. The Morgan fingerprint density at radius 2 is 2.30 bits per heavy atom. The van der Waals surface area contributed by atoms with Crippen molar-refractivity contribution in [1.82, 2.24) is 15.0 Å². The van der Waals surface area contributed by atoms with Gasteiger partial charge in [-0.15, -0.1) is 0 Å². The Morgan fingerprint density at radius 1 is 1.45 bits per heavy atom. The first-order valence-corrected chi connectivity index (χ1v) is 6.89. The van der Waals surface area contributed by atoms with Gasteiger partial charge in [0.05, 0.1) is 18.0 Å². The number of hydrogen-bond acceptors (Lipinski definition) is 4. The van der Waals surface area contributed by atoms with Crippen molar-refractivity contribution in [2.45, 2.75) is 32.1 Å². The molecule has 2 aromatic rings. The summed E-state index contributed by atoms with van der Waals surface area (Å²) < 4.78 is 5.35. The fourth-order valence-electron chi connectivity index (χ4n) is 2.77. The summed E-state index contributed by atoms with van der Waals surface area (Å²) in [5, 5.41) is 9.05. The van der Waals surface area contributed by atoms with Crippen LogP contribution in [0.25, 0.3) is 11.2 Å². The van der Waals surface area contributed by atoms with E-state index in [2.05, 4.69) is 15.0 Å². The predicted octanol–water partition coefficient (Wildman–Crippen LogP) is 2.32. The molecule has 1 saturated carbocycles. The van der Waals surface area contributed by atoms with Gasteiger partial charge in [-0.25, -0.2) is 4.98 Å². The lowest BCUT2D eigenvalue weighted by Crippen LogP contribution is -2.09. The average Bonchev–Trinajstić information content (AvgIpc) is 3.05. The number of ether oxygens (including phenoxy) is 1. The Morgan fingerprint density at radius 3 is 3.00 bits per heavy atom. The van der Waals surface area contributed by atoms with Gasteiger partial charge in [0.25, 0.3) is 0 Å². The predicted molar refractivity (Wildman–Crippen MR) is 72.8 cm³/mol. The van der Waals surface area contributed by atoms with Gasteiger partial charge >= 0.3 is 5.97 Å². The molecule has 0 bridgehead atoms. The molecule has 2 unspecified atom stereocenters. The molecular formula is C14H17N3O3. The number of pyridine rings is 1. The lowest BCUT2D eigenvalue weighted by molar-refractivity contribution is -0.141. The van der Waals surface area contributed by atoms with E-state index in [0.717, 1.165) is 17.8 Å². The zero-order valence-electron chi connectivity index (χ0n) is 11.3. The summed E-state index contributed by atoms with van der Waals surface area (Å²) in [5.41, 5.74) is 1.49. The van der Waals surface area contributed by atoms with Gasteiger partial charge in [-0.3, -0.25) is 4.79 Å². The third-order valence-electron chi connectivity index (χ3n) is 3.80. The van der Waals surface area contributed by atoms with Gasteiger partial charge in [0.15, 0.2) is 5.65 Å². The molecule has 6 heteroatoms. The summed E-state index contributed by atoms with van der Waals surface area (Å²) in [6, 6.07) is 3.70. The number of H-pyrrole nitrogens is 1. The molecule has 0 aliphatic heterocycles. The molecule has 2 atom stereocenters. The fourth-order valence-corrected chi connectivity index (χ4v) is 2.77. The minimum absolute atomic E-state index is 0.181. The topological polar surface area (TPSA) is 88.1 Å². The summed E-state index contributed by atoms with van der Waals surface area (Å²) in [4.78, 5) is 23.1. The Labute approximate surface area is 116 Å². The molecule has 20 heavy (non-hydrogen) atoms. The second kappa shape index (κ2) is 5.11. The molecule has 6 nitrogen and oxygen atoms in total. The summed E-state index contributed by atoms with van der Waals surface area (Å²) >= 11 is 0. The van der Waals surface area contributed by atoms with Crippen molar-refractivity contribution in [3.05, 3.63) is 18.0 Å². The van der Waals surface area contributed by atoms with Crippen LogP contribution in [0.3, 0.4) is 0 Å². The lowest BCUT2D eigenvalue weighted by Gasteiger charge is -2.04. The van der Waals surface area contributed by atoms with E-state index in [-0.39, 0.29) is 11.8 Å². The van der Waals surface area contributed by atoms with Crippen LogP contribution in [-0.4, -0.2) is 32.6 Å². The second-order valence-corrected chi connectivity index (χ2v) is 5.12. The standard InChI is InChI=1S/C14H17N3O3/c1-2-20-11-6-5-10-13(16-11)17-12(15-10)8-3-4-9(7-8)14(18)19/h5-6,8-9H,2-4,7H2,1H3,(H,18,19)(H,15,16,17). The zero-order valence-corrected chi connectivity index (χ0v) is 11.3. The minimum Gasteiger partial charge on any atom is -0.481 e. The molecule has 0 radical (unpaired) electrons. The average molecular weight is 275 g/mol. The first-order chi connectivity index (χ1) is 9.67. The maximum atomic E-state index is 11.0. The molecule has 2 heterocycles. The van der Waals surface area contributed by atoms with E-state index >= 15 is 0 Å². The van der Waals surface area contributed by atoms with Crippen LogP contribution in [-0.2, 0) is 4.79 Å². The lowest BCUT2D eigenvalue weighted by atomic mass is 10.0. The van der Waals surface area contributed by atoms with E-state index < -0.39 is 5.97 Å². The fraction of sp³-hybridized carbons (Fsp3) is 0.500. The van der Waals surface area contributed by atoms with Gasteiger partial charge in [-0.2, -0.15) is 4.98 Å². The quantitative estimate of drug-likeness (QED) is 0.894. The summed E-state index contributed by atoms with van der Waals surface area (Å²) in [6.07, 6.45) is 2.22. The van der Waals surface area contributed by atoms with Crippen LogP contribution < -0.4 is 4.74 Å². The van der Waals surface area contributed by atoms with E-state index in [1.807, 2.05) is 19.1 Å². The van der Waals surface area contributed by atoms with Gasteiger partial charge in [0, 0.05) is 12.0 Å². The monoisotopic (exact) mass is 275 g/mol. The molecule has 0 spiro atoms. The molecule has 2 N–H and O–H groups in total. The van der Waals surface area contributed by atoms with Crippen molar-refractivity contribution >= 4 is 17.1 Å². The van der Waals surface area contributed by atoms with Gasteiger partial charge in [-0.1, -0.05) is 0 Å². The van der Waals surface area contributed by atoms with Crippen molar-refractivity contribution in [3.63, 3.8) is 0 Å². The number of fused-ring (bicyclic) bond motifs is 1. The maximum absolute atomic E-state index is 11.0. The van der Waals surface area contributed by atoms with Crippen molar-refractivity contribution in [2.75, 3.05) is 6.61 Å². The van der Waals surface area contributed by atoms with Crippen LogP contribution >= 0.6 is 0 Å². The molecule has 0 aromatic carbocycles. The number of carboxylic acids is 1. The minimum atomic E-state index is -0.708. The Balaban J connectivity index is 1.84. The normalized spacial score (nSPS) is 22.2. The van der Waals surface area contributed by atoms with Crippen molar-refractivity contribution in [3.8, 4) is 5.88 Å². The number of carboxylic acid groups (broad SMARTS) is 1. The summed E-state index contributed by atoms with van der Waals surface area (Å²) in [7, 11) is 0. The number of aliphatic carboxylic acids is 1. The Kier molecular flexibility index (Phi) is 3.30. The molecule has 2 aromatic heterocycles. The number of carbonyl (C=O) groups is 1. The highest BCUT2D eigenvalue weighted by Gasteiger charge is 2.32. The van der Waals surface area contributed by atoms with Crippen LogP contribution in [0.1, 0.15) is 37.9 Å². The van der Waals surface area contributed by atoms with E-state index in [0.29, 0.717) is 31.0 Å². The van der Waals surface area contributed by atoms with Crippen LogP contribution in [0.5, 0.6) is 5.88 Å². The highest BCUT2D eigenvalue weighted by Crippen LogP contribution is 2.37. The van der Waals surface area contributed by atoms with Gasteiger partial charge < -0.3 is 14.8 Å². The third kappa shape index (κ3) is 2.33. The van der Waals surface area contributed by atoms with Crippen molar-refractivity contribution in [1.29, 1.82) is 0 Å². The summed E-state index contributed by atoms with van der Waals surface area (Å²) in [5.74, 6) is 0.624. The van der Waals surface area contributed by atoms with Crippen LogP contribution in [0, 0.1) is 5.92 Å². The first kappa shape index (κ1) is 12.9. The van der Waals surface area contributed by atoms with E-state index in [1.54, 1.807) is 0 Å². The number of aromatic nitrogens is 3. The Hall–Kier alpha value is -2.11. The highest BCUT2D eigenvalue weighted by atomic mass is 16.5. The molecule has 0 saturated heterocycles. The van der Waals surface area contributed by atoms with Gasteiger partial charge in [0.2, 0.25) is 5.88 Å². The van der Waals surface area contributed by atoms with E-state index in [4.69, 9.17) is 9.84 Å². The third-order valence-corrected chi connectivity index (χ3v) is 3.80. The SMILES string of the molecule is CCOc1ccc2[nH]c(C3CCC(C(=O)O)C3)nc2n1. The highest BCUT2D eigenvalue weighted by molar-refractivity contribution is 5.72. The molecule has 1 fully saturated rings.